The van der Waals surface area contributed by atoms with Gasteiger partial charge in [-0.3, -0.25) is 4.79 Å². The van der Waals surface area contributed by atoms with Gasteiger partial charge < -0.3 is 15.4 Å². The van der Waals surface area contributed by atoms with E-state index in [0.29, 0.717) is 13.2 Å². The number of carbonyl (C=O) groups is 1. The number of carbonyl (C=O) groups excluding carboxylic acids is 1. The molecule has 0 aliphatic carbocycles. The molecule has 0 unspecified atom stereocenters. The Hall–Kier alpha value is -1.10. The molecule has 1 fully saturated rings. The van der Waals surface area contributed by atoms with Crippen LogP contribution >= 0.6 is 12.4 Å². The molecule has 1 aromatic carbocycles. The number of halogens is 1. The quantitative estimate of drug-likeness (QED) is 0.875. The number of hydrogen-bond donors (Lipinski definition) is 2. The van der Waals surface area contributed by atoms with Gasteiger partial charge in [0.15, 0.2) is 0 Å². The molecule has 0 atom stereocenters. The summed E-state index contributed by atoms with van der Waals surface area (Å²) in [5.41, 5.74) is 2.00. The van der Waals surface area contributed by atoms with Gasteiger partial charge in [0.05, 0.1) is 12.0 Å². The Labute approximate surface area is 133 Å². The summed E-state index contributed by atoms with van der Waals surface area (Å²) in [6, 6.07) is 8.14. The zero-order chi connectivity index (χ0) is 14.4. The molecule has 4 nitrogen and oxygen atoms in total. The summed E-state index contributed by atoms with van der Waals surface area (Å²) in [6.07, 6.45) is 1.67. The summed E-state index contributed by atoms with van der Waals surface area (Å²) in [5, 5.41) is 6.39. The van der Waals surface area contributed by atoms with E-state index in [1.54, 1.807) is 7.11 Å². The highest BCUT2D eigenvalue weighted by Gasteiger charge is 2.39. The van der Waals surface area contributed by atoms with Gasteiger partial charge in [0.1, 0.15) is 0 Å². The molecule has 1 aromatic rings. The van der Waals surface area contributed by atoms with Crippen LogP contribution < -0.4 is 10.6 Å². The van der Waals surface area contributed by atoms with E-state index in [2.05, 4.69) is 29.7 Å². The summed E-state index contributed by atoms with van der Waals surface area (Å²) >= 11 is 0. The lowest BCUT2D eigenvalue weighted by Gasteiger charge is -2.35. The van der Waals surface area contributed by atoms with E-state index in [0.717, 1.165) is 25.9 Å². The lowest BCUT2D eigenvalue weighted by molar-refractivity contribution is -0.136. The van der Waals surface area contributed by atoms with E-state index in [-0.39, 0.29) is 23.7 Å². The zero-order valence-electron chi connectivity index (χ0n) is 12.8. The van der Waals surface area contributed by atoms with Crippen molar-refractivity contribution in [2.75, 3.05) is 26.8 Å². The molecule has 0 bridgehead atoms. The van der Waals surface area contributed by atoms with Crippen molar-refractivity contribution in [2.24, 2.45) is 5.41 Å². The van der Waals surface area contributed by atoms with E-state index >= 15 is 0 Å². The van der Waals surface area contributed by atoms with Gasteiger partial charge in [0.2, 0.25) is 5.91 Å². The van der Waals surface area contributed by atoms with Crippen LogP contribution in [0.25, 0.3) is 0 Å². The zero-order valence-corrected chi connectivity index (χ0v) is 13.6. The smallest absolute Gasteiger partial charge is 0.228 e. The molecule has 2 rings (SSSR count). The average Bonchev–Trinajstić information content (AvgIpc) is 2.47. The minimum atomic E-state index is -0.372. The van der Waals surface area contributed by atoms with Crippen molar-refractivity contribution in [3.63, 3.8) is 0 Å². The van der Waals surface area contributed by atoms with E-state index in [1.165, 1.54) is 11.1 Å². The van der Waals surface area contributed by atoms with E-state index < -0.39 is 0 Å². The molecular weight excluding hydrogens is 288 g/mol. The number of aryl methyl sites for hydroxylation is 1. The van der Waals surface area contributed by atoms with Crippen molar-refractivity contribution in [3.8, 4) is 0 Å². The van der Waals surface area contributed by atoms with Gasteiger partial charge in [-0.2, -0.15) is 0 Å². The minimum absolute atomic E-state index is 0. The number of ether oxygens (including phenoxy) is 1. The van der Waals surface area contributed by atoms with Crippen LogP contribution in [0.15, 0.2) is 24.3 Å². The number of rotatable bonds is 5. The van der Waals surface area contributed by atoms with Crippen LogP contribution in [0.4, 0.5) is 0 Å². The molecule has 118 valence electrons. The average molecular weight is 313 g/mol. The molecule has 1 saturated heterocycles. The molecule has 0 saturated carbocycles. The third-order valence-electron chi connectivity index (χ3n) is 4.16. The van der Waals surface area contributed by atoms with E-state index in [4.69, 9.17) is 4.74 Å². The fourth-order valence-corrected chi connectivity index (χ4v) is 2.79. The molecule has 1 aliphatic heterocycles. The molecule has 1 heterocycles. The van der Waals surface area contributed by atoms with Crippen molar-refractivity contribution in [3.05, 3.63) is 35.4 Å². The van der Waals surface area contributed by atoms with Crippen molar-refractivity contribution < 1.29 is 9.53 Å². The minimum Gasteiger partial charge on any atom is -0.384 e. The molecule has 2 N–H and O–H groups in total. The monoisotopic (exact) mass is 312 g/mol. The number of piperidine rings is 1. The number of benzene rings is 1. The first-order chi connectivity index (χ1) is 9.68. The second kappa shape index (κ2) is 8.37. The van der Waals surface area contributed by atoms with Crippen molar-refractivity contribution in [1.29, 1.82) is 0 Å². The fourth-order valence-electron chi connectivity index (χ4n) is 2.79. The maximum Gasteiger partial charge on any atom is 0.228 e. The van der Waals surface area contributed by atoms with Crippen LogP contribution in [0.1, 0.15) is 24.0 Å². The number of hydrogen-bond acceptors (Lipinski definition) is 3. The van der Waals surface area contributed by atoms with Gasteiger partial charge in [-0.15, -0.1) is 12.4 Å². The third-order valence-corrected chi connectivity index (χ3v) is 4.16. The van der Waals surface area contributed by atoms with Crippen molar-refractivity contribution >= 4 is 18.3 Å². The predicted octanol–water partition coefficient (Wildman–Crippen LogP) is 2.05. The highest BCUT2D eigenvalue weighted by molar-refractivity contribution is 5.85. The van der Waals surface area contributed by atoms with E-state index in [1.807, 2.05) is 12.1 Å². The first-order valence-electron chi connectivity index (χ1n) is 7.20. The van der Waals surface area contributed by atoms with E-state index in [9.17, 15) is 4.79 Å². The van der Waals surface area contributed by atoms with Crippen LogP contribution in [0.5, 0.6) is 0 Å². The standard InChI is InChI=1S/C16H24N2O2.ClH/c1-13-5-3-4-6-14(13)11-18-15(19)16(12-20-2)7-9-17-10-8-16;/h3-6,17H,7-12H2,1-2H3,(H,18,19);1H. The Morgan fingerprint density at radius 3 is 2.62 bits per heavy atom. The molecule has 0 radical (unpaired) electrons. The van der Waals surface area contributed by atoms with Gasteiger partial charge in [-0.05, 0) is 44.0 Å². The molecule has 0 aromatic heterocycles. The van der Waals surface area contributed by atoms with Crippen LogP contribution in [0.2, 0.25) is 0 Å². The Morgan fingerprint density at radius 1 is 1.33 bits per heavy atom. The molecule has 0 spiro atoms. The highest BCUT2D eigenvalue weighted by atomic mass is 35.5. The lowest BCUT2D eigenvalue weighted by atomic mass is 9.78. The summed E-state index contributed by atoms with van der Waals surface area (Å²) in [4.78, 5) is 12.6. The second-order valence-corrected chi connectivity index (χ2v) is 5.57. The van der Waals surface area contributed by atoms with Crippen LogP contribution in [-0.2, 0) is 16.1 Å². The molecule has 1 aliphatic rings. The summed E-state index contributed by atoms with van der Waals surface area (Å²) in [6.45, 7) is 4.90. The van der Waals surface area contributed by atoms with Gasteiger partial charge >= 0.3 is 0 Å². The maximum atomic E-state index is 12.6. The number of nitrogens with one attached hydrogen (secondary N) is 2. The Bertz CT molecular complexity index is 454. The predicted molar refractivity (Wildman–Crippen MR) is 86.7 cm³/mol. The first-order valence-corrected chi connectivity index (χ1v) is 7.20. The SMILES string of the molecule is COCC1(C(=O)NCc2ccccc2C)CCNCC1.Cl. The second-order valence-electron chi connectivity index (χ2n) is 5.57. The normalized spacial score (nSPS) is 16.9. The van der Waals surface area contributed by atoms with Gasteiger partial charge in [0.25, 0.3) is 0 Å². The Balaban J connectivity index is 0.00000220. The van der Waals surface area contributed by atoms with Gasteiger partial charge in [0, 0.05) is 13.7 Å². The third kappa shape index (κ3) is 4.43. The van der Waals surface area contributed by atoms with Gasteiger partial charge in [-0.25, -0.2) is 0 Å². The number of methoxy groups -OCH3 is 1. The topological polar surface area (TPSA) is 50.4 Å². The lowest BCUT2D eigenvalue weighted by Crippen LogP contribution is -2.50. The largest absolute Gasteiger partial charge is 0.384 e. The summed E-state index contributed by atoms with van der Waals surface area (Å²) < 4.78 is 5.29. The Morgan fingerprint density at radius 2 is 2.00 bits per heavy atom. The molecule has 5 heteroatoms. The van der Waals surface area contributed by atoms with Crippen molar-refractivity contribution in [2.45, 2.75) is 26.3 Å². The molecule has 1 amide bonds. The highest BCUT2D eigenvalue weighted by Crippen LogP contribution is 2.29. The number of amides is 1. The summed E-state index contributed by atoms with van der Waals surface area (Å²) in [5.74, 6) is 0.115. The fraction of sp³-hybridized carbons (Fsp3) is 0.562. The van der Waals surface area contributed by atoms with Crippen LogP contribution in [0.3, 0.4) is 0 Å². The van der Waals surface area contributed by atoms with Gasteiger partial charge in [-0.1, -0.05) is 24.3 Å². The van der Waals surface area contributed by atoms with Crippen molar-refractivity contribution in [1.82, 2.24) is 10.6 Å². The van der Waals surface area contributed by atoms with Crippen LogP contribution in [-0.4, -0.2) is 32.7 Å². The maximum absolute atomic E-state index is 12.6. The molecule has 21 heavy (non-hydrogen) atoms. The van der Waals surface area contributed by atoms with Crippen LogP contribution in [0, 0.1) is 12.3 Å². The molecular formula is C16H25ClN2O2. The Kier molecular flexibility index (Phi) is 7.15. The first kappa shape index (κ1) is 18.0. The summed E-state index contributed by atoms with van der Waals surface area (Å²) in [7, 11) is 1.67.